The van der Waals surface area contributed by atoms with Gasteiger partial charge in [0.1, 0.15) is 11.6 Å². The number of carbonyl (C=O) groups is 1. The molecular formula is C30H38ClF2N5O3. The molecule has 1 saturated heterocycles. The average Bonchev–Trinajstić information content (AvgIpc) is 3.30. The van der Waals surface area contributed by atoms with Crippen molar-refractivity contribution in [2.24, 2.45) is 10.8 Å². The monoisotopic (exact) mass is 589 g/mol. The van der Waals surface area contributed by atoms with Crippen molar-refractivity contribution >= 4 is 29.2 Å². The van der Waals surface area contributed by atoms with Crippen molar-refractivity contribution in [2.75, 3.05) is 11.9 Å². The lowest BCUT2D eigenvalue weighted by molar-refractivity contribution is -0.153. The number of piperidine rings is 1. The molecule has 0 bridgehead atoms. The minimum atomic E-state index is -1.31. The molecule has 1 aliphatic heterocycles. The second-order valence-electron chi connectivity index (χ2n) is 12.3. The highest BCUT2D eigenvalue weighted by Crippen LogP contribution is 2.43. The van der Waals surface area contributed by atoms with Crippen LogP contribution < -0.4 is 5.32 Å². The van der Waals surface area contributed by atoms with Crippen molar-refractivity contribution in [1.29, 1.82) is 0 Å². The molecule has 1 aromatic carbocycles. The molecule has 4 rings (SSSR count). The Hall–Kier alpha value is -3.08. The molecule has 0 saturated carbocycles. The van der Waals surface area contributed by atoms with E-state index in [1.807, 2.05) is 18.7 Å². The number of aromatic nitrogens is 3. The quantitative estimate of drug-likeness (QED) is 0.238. The number of nitrogens with one attached hydrogen (secondary N) is 2. The van der Waals surface area contributed by atoms with Gasteiger partial charge in [-0.3, -0.25) is 14.8 Å². The fourth-order valence-electron chi connectivity index (χ4n) is 5.57. The topological polar surface area (TPSA) is 114 Å². The Balaban J connectivity index is 1.69. The fraction of sp³-hybridized carbons (Fsp3) is 0.500. The van der Waals surface area contributed by atoms with Crippen LogP contribution in [0.1, 0.15) is 74.7 Å². The number of benzene rings is 1. The van der Waals surface area contributed by atoms with Gasteiger partial charge in [0, 0.05) is 47.5 Å². The number of carboxylic acid groups (broad SMARTS) is 1. The molecule has 1 fully saturated rings. The van der Waals surface area contributed by atoms with E-state index in [0.29, 0.717) is 29.3 Å². The number of aryl methyl sites for hydroxylation is 1. The first-order valence-electron chi connectivity index (χ1n) is 13.7. The number of pyridine rings is 1. The van der Waals surface area contributed by atoms with E-state index in [1.54, 1.807) is 45.9 Å². The number of carboxylic acids is 1. The number of halogens is 3. The third-order valence-electron chi connectivity index (χ3n) is 8.09. The normalized spacial score (nSPS) is 20.7. The Morgan fingerprint density at radius 2 is 2.00 bits per heavy atom. The van der Waals surface area contributed by atoms with E-state index in [2.05, 4.69) is 20.5 Å². The number of rotatable bonds is 8. The molecule has 0 spiro atoms. The van der Waals surface area contributed by atoms with Crippen LogP contribution in [0.15, 0.2) is 24.3 Å². The van der Waals surface area contributed by atoms with Crippen molar-refractivity contribution in [2.45, 2.75) is 79.5 Å². The van der Waals surface area contributed by atoms with Gasteiger partial charge in [-0.05, 0) is 51.6 Å². The lowest BCUT2D eigenvalue weighted by Gasteiger charge is -2.43. The molecule has 1 unspecified atom stereocenters. The minimum Gasteiger partial charge on any atom is -0.481 e. The van der Waals surface area contributed by atoms with E-state index in [-0.39, 0.29) is 48.1 Å². The van der Waals surface area contributed by atoms with Crippen molar-refractivity contribution in [1.82, 2.24) is 20.1 Å². The molecule has 0 aliphatic carbocycles. The van der Waals surface area contributed by atoms with E-state index < -0.39 is 34.5 Å². The highest BCUT2D eigenvalue weighted by Gasteiger charge is 2.46. The summed E-state index contributed by atoms with van der Waals surface area (Å²) in [7, 11) is 0. The number of anilines is 2. The number of likely N-dealkylation sites (tertiary alicyclic amines) is 1. The van der Waals surface area contributed by atoms with E-state index in [4.69, 9.17) is 11.6 Å². The largest absolute Gasteiger partial charge is 0.481 e. The van der Waals surface area contributed by atoms with Gasteiger partial charge >= 0.3 is 5.97 Å². The van der Waals surface area contributed by atoms with Crippen LogP contribution in [0.25, 0.3) is 0 Å². The van der Waals surface area contributed by atoms with Gasteiger partial charge in [-0.2, -0.15) is 5.10 Å². The van der Waals surface area contributed by atoms with Crippen molar-refractivity contribution in [3.8, 4) is 0 Å². The van der Waals surface area contributed by atoms with Gasteiger partial charge in [0.2, 0.25) is 0 Å². The highest BCUT2D eigenvalue weighted by molar-refractivity contribution is 6.30. The zero-order valence-corrected chi connectivity index (χ0v) is 25.0. The number of hydrogen-bond donors (Lipinski definition) is 4. The number of aliphatic carboxylic acids is 1. The van der Waals surface area contributed by atoms with Gasteiger partial charge in [0.15, 0.2) is 11.6 Å². The number of H-pyrrole nitrogens is 1. The molecule has 0 amide bonds. The first kappa shape index (κ1) is 30.9. The Kier molecular flexibility index (Phi) is 8.78. The zero-order chi connectivity index (χ0) is 30.3. The van der Waals surface area contributed by atoms with Gasteiger partial charge in [0.05, 0.1) is 22.2 Å². The van der Waals surface area contributed by atoms with Gasteiger partial charge < -0.3 is 15.5 Å². The number of aliphatic hydroxyl groups is 1. The Bertz CT molecular complexity index is 1440. The molecular weight excluding hydrogens is 552 g/mol. The van der Waals surface area contributed by atoms with Crippen LogP contribution in [0.3, 0.4) is 0 Å². The molecule has 11 heteroatoms. The maximum absolute atomic E-state index is 16.2. The molecule has 2 aromatic heterocycles. The summed E-state index contributed by atoms with van der Waals surface area (Å²) in [6.45, 7) is 11.5. The number of aromatic amines is 1. The van der Waals surface area contributed by atoms with Crippen molar-refractivity contribution < 1.29 is 23.8 Å². The van der Waals surface area contributed by atoms with Crippen LogP contribution in [-0.2, 0) is 17.8 Å². The molecule has 0 radical (unpaired) electrons. The van der Waals surface area contributed by atoms with Crippen LogP contribution >= 0.6 is 11.6 Å². The highest BCUT2D eigenvalue weighted by atomic mass is 35.5. The third-order valence-corrected chi connectivity index (χ3v) is 8.39. The van der Waals surface area contributed by atoms with Gasteiger partial charge in [-0.1, -0.05) is 44.5 Å². The van der Waals surface area contributed by atoms with Crippen LogP contribution in [0.5, 0.6) is 0 Å². The lowest BCUT2D eigenvalue weighted by atomic mass is 9.71. The lowest BCUT2D eigenvalue weighted by Crippen LogP contribution is -2.50. The Labute approximate surface area is 244 Å². The van der Waals surface area contributed by atoms with Crippen molar-refractivity contribution in [3.05, 3.63) is 69.0 Å². The van der Waals surface area contributed by atoms with Crippen molar-refractivity contribution in [3.63, 3.8) is 0 Å². The number of hydrogen-bond acceptors (Lipinski definition) is 6. The first-order chi connectivity index (χ1) is 19.1. The second-order valence-corrected chi connectivity index (χ2v) is 12.7. The summed E-state index contributed by atoms with van der Waals surface area (Å²) in [6, 6.07) is 6.36. The summed E-state index contributed by atoms with van der Waals surface area (Å²) in [5.41, 5.74) is -0.285. The summed E-state index contributed by atoms with van der Waals surface area (Å²) in [5.74, 6) is -1.47. The summed E-state index contributed by atoms with van der Waals surface area (Å²) in [5, 5.41) is 31.8. The average molecular weight is 590 g/mol. The Morgan fingerprint density at radius 3 is 2.59 bits per heavy atom. The zero-order valence-electron chi connectivity index (χ0n) is 24.3. The predicted molar refractivity (Wildman–Crippen MR) is 154 cm³/mol. The van der Waals surface area contributed by atoms with Crippen LogP contribution in [0.4, 0.5) is 20.4 Å². The summed E-state index contributed by atoms with van der Waals surface area (Å²) in [6.07, 6.45) is -0.920. The molecule has 3 heterocycles. The van der Waals surface area contributed by atoms with Crippen LogP contribution in [0.2, 0.25) is 5.02 Å². The summed E-state index contributed by atoms with van der Waals surface area (Å²) in [4.78, 5) is 19.4. The first-order valence-corrected chi connectivity index (χ1v) is 14.1. The Morgan fingerprint density at radius 1 is 1.29 bits per heavy atom. The van der Waals surface area contributed by atoms with E-state index in [0.717, 1.165) is 5.69 Å². The molecule has 8 nitrogen and oxygen atoms in total. The van der Waals surface area contributed by atoms with Crippen LogP contribution in [0, 0.1) is 36.3 Å². The summed E-state index contributed by atoms with van der Waals surface area (Å²) < 4.78 is 30.8. The van der Waals surface area contributed by atoms with E-state index in [1.165, 1.54) is 6.07 Å². The molecule has 41 heavy (non-hydrogen) atoms. The third kappa shape index (κ3) is 6.39. The van der Waals surface area contributed by atoms with E-state index >= 15 is 4.39 Å². The SMILES string of the molecule is Cc1cc(Nc2nc(C[C@@]3(C(=O)O)CCN(Cc4cccc(Cl)c4F)[C@H](C)C3)c(F)c(C(O)C(C)(C)C)c2C)n[nH]1. The maximum Gasteiger partial charge on any atom is 0.310 e. The van der Waals surface area contributed by atoms with E-state index in [9.17, 15) is 19.4 Å². The van der Waals surface area contributed by atoms with Crippen LogP contribution in [-0.4, -0.2) is 48.9 Å². The summed E-state index contributed by atoms with van der Waals surface area (Å²) >= 11 is 5.96. The molecule has 222 valence electrons. The fourth-order valence-corrected chi connectivity index (χ4v) is 5.76. The number of nitrogens with zero attached hydrogens (tertiary/aromatic N) is 3. The number of aliphatic hydroxyl groups excluding tert-OH is 1. The van der Waals surface area contributed by atoms with Gasteiger partial charge in [0.25, 0.3) is 0 Å². The molecule has 4 N–H and O–H groups in total. The minimum absolute atomic E-state index is 0.0346. The molecule has 1 aliphatic rings. The van der Waals surface area contributed by atoms with Gasteiger partial charge in [-0.15, -0.1) is 0 Å². The molecule has 3 atom stereocenters. The second kappa shape index (κ2) is 11.7. The molecule has 3 aromatic rings. The smallest absolute Gasteiger partial charge is 0.310 e. The standard InChI is InChI=1S/C30H38ClF2N5O3/c1-16-12-22(37-36-16)35-27-18(3)23(26(39)29(4,5)6)25(33)21(34-27)14-30(28(40)41)10-11-38(17(2)13-30)15-19-8-7-9-20(31)24(19)32/h7-9,12,17,26,39H,10-11,13-15H2,1-6H3,(H,40,41)(H2,34,35,36,37)/t17-,26?,30-/m1/s1. The maximum atomic E-state index is 16.2. The predicted octanol–water partition coefficient (Wildman–Crippen LogP) is 6.47. The van der Waals surface area contributed by atoms with Gasteiger partial charge in [-0.25, -0.2) is 13.8 Å².